The summed E-state index contributed by atoms with van der Waals surface area (Å²) in [5.74, 6) is 0.803. The Morgan fingerprint density at radius 3 is 2.44 bits per heavy atom. The smallest absolute Gasteiger partial charge is 0.226 e. The maximum atomic E-state index is 12.1. The summed E-state index contributed by atoms with van der Waals surface area (Å²) in [6, 6.07) is 0. The van der Waals surface area contributed by atoms with E-state index in [9.17, 15) is 9.90 Å². The molecule has 1 N–H and O–H groups in total. The summed E-state index contributed by atoms with van der Waals surface area (Å²) < 4.78 is 0. The number of carbonyl (C=O) groups is 1. The predicted molar refractivity (Wildman–Crippen MR) is 65.1 cm³/mol. The molecule has 1 fully saturated rings. The van der Waals surface area contributed by atoms with Crippen LogP contribution in [0.2, 0.25) is 0 Å². The lowest BCUT2D eigenvalue weighted by Gasteiger charge is -2.39. The topological polar surface area (TPSA) is 40.5 Å². The van der Waals surface area contributed by atoms with E-state index in [2.05, 4.69) is 20.8 Å². The highest BCUT2D eigenvalue weighted by atomic mass is 16.3. The highest BCUT2D eigenvalue weighted by molar-refractivity contribution is 5.79. The average Bonchev–Trinajstić information content (AvgIpc) is 2.18. The van der Waals surface area contributed by atoms with Gasteiger partial charge in [0.05, 0.1) is 6.10 Å². The molecular weight excluding hydrogens is 202 g/mol. The van der Waals surface area contributed by atoms with E-state index >= 15 is 0 Å². The number of amides is 1. The van der Waals surface area contributed by atoms with Gasteiger partial charge in [-0.3, -0.25) is 4.79 Å². The number of rotatable bonds is 6. The Kier molecular flexibility index (Phi) is 5.26. The molecule has 94 valence electrons. The summed E-state index contributed by atoms with van der Waals surface area (Å²) in [4.78, 5) is 13.9. The van der Waals surface area contributed by atoms with Gasteiger partial charge < -0.3 is 10.0 Å². The summed E-state index contributed by atoms with van der Waals surface area (Å²) in [6.45, 7) is 7.49. The molecule has 1 unspecified atom stereocenters. The van der Waals surface area contributed by atoms with Crippen molar-refractivity contribution in [3.05, 3.63) is 0 Å². The fraction of sp³-hybridized carbons (Fsp3) is 0.923. The van der Waals surface area contributed by atoms with Gasteiger partial charge in [0.2, 0.25) is 5.91 Å². The van der Waals surface area contributed by atoms with Crippen LogP contribution in [0, 0.1) is 11.8 Å². The highest BCUT2D eigenvalue weighted by Crippen LogP contribution is 2.23. The van der Waals surface area contributed by atoms with Crippen LogP contribution in [0.15, 0.2) is 0 Å². The Labute approximate surface area is 98.8 Å². The Balaban J connectivity index is 2.39. The van der Waals surface area contributed by atoms with Gasteiger partial charge >= 0.3 is 0 Å². The molecular formula is C13H25NO2. The first-order chi connectivity index (χ1) is 7.56. The monoisotopic (exact) mass is 227 g/mol. The van der Waals surface area contributed by atoms with Gasteiger partial charge in [0.1, 0.15) is 0 Å². The number of hydrogen-bond donors (Lipinski definition) is 1. The molecule has 1 saturated heterocycles. The Hall–Kier alpha value is -0.570. The highest BCUT2D eigenvalue weighted by Gasteiger charge is 2.34. The minimum absolute atomic E-state index is 0.152. The second-order valence-electron chi connectivity index (χ2n) is 5.24. The van der Waals surface area contributed by atoms with E-state index in [1.807, 2.05) is 0 Å². The SMILES string of the molecule is CCCCCC(C(=O)N1CC(O)C1)C(C)C. The quantitative estimate of drug-likeness (QED) is 0.705. The van der Waals surface area contributed by atoms with E-state index in [1.165, 1.54) is 12.8 Å². The Morgan fingerprint density at radius 2 is 2.00 bits per heavy atom. The van der Waals surface area contributed by atoms with Gasteiger partial charge in [-0.15, -0.1) is 0 Å². The molecule has 16 heavy (non-hydrogen) atoms. The van der Waals surface area contributed by atoms with Crippen molar-refractivity contribution < 1.29 is 9.90 Å². The summed E-state index contributed by atoms with van der Waals surface area (Å²) in [5, 5.41) is 9.21. The van der Waals surface area contributed by atoms with Crippen LogP contribution in [0.3, 0.4) is 0 Å². The maximum absolute atomic E-state index is 12.1. The Bertz CT molecular complexity index is 222. The van der Waals surface area contributed by atoms with Crippen molar-refractivity contribution >= 4 is 5.91 Å². The van der Waals surface area contributed by atoms with Gasteiger partial charge in [0.15, 0.2) is 0 Å². The molecule has 0 saturated carbocycles. The van der Waals surface area contributed by atoms with E-state index in [0.717, 1.165) is 12.8 Å². The van der Waals surface area contributed by atoms with Gasteiger partial charge in [-0.1, -0.05) is 40.0 Å². The standard InChI is InChI=1S/C13H25NO2/c1-4-5-6-7-12(10(2)3)13(16)14-8-11(15)9-14/h10-12,15H,4-9H2,1-3H3. The molecule has 1 atom stereocenters. The van der Waals surface area contributed by atoms with E-state index in [4.69, 9.17) is 0 Å². The van der Waals surface area contributed by atoms with Gasteiger partial charge in [-0.2, -0.15) is 0 Å². The van der Waals surface area contributed by atoms with Crippen LogP contribution in [-0.4, -0.2) is 35.1 Å². The number of β-amino-alcohol motifs (C(OH)–C–C–N with tert-alkyl or cyclic N) is 1. The van der Waals surface area contributed by atoms with Crippen LogP contribution in [0.1, 0.15) is 46.5 Å². The van der Waals surface area contributed by atoms with Crippen LogP contribution >= 0.6 is 0 Å². The zero-order valence-electron chi connectivity index (χ0n) is 10.8. The van der Waals surface area contributed by atoms with Crippen molar-refractivity contribution in [2.75, 3.05) is 13.1 Å². The minimum Gasteiger partial charge on any atom is -0.389 e. The van der Waals surface area contributed by atoms with Crippen molar-refractivity contribution in [1.82, 2.24) is 4.90 Å². The second kappa shape index (κ2) is 6.24. The van der Waals surface area contributed by atoms with Crippen molar-refractivity contribution in [3.8, 4) is 0 Å². The fourth-order valence-corrected chi connectivity index (χ4v) is 2.23. The zero-order chi connectivity index (χ0) is 12.1. The largest absolute Gasteiger partial charge is 0.389 e. The number of aliphatic hydroxyl groups excluding tert-OH is 1. The van der Waals surface area contributed by atoms with Crippen LogP contribution in [0.4, 0.5) is 0 Å². The van der Waals surface area contributed by atoms with Gasteiger partial charge in [0.25, 0.3) is 0 Å². The lowest BCUT2D eigenvalue weighted by atomic mass is 9.88. The lowest BCUT2D eigenvalue weighted by molar-refractivity contribution is -0.147. The van der Waals surface area contributed by atoms with E-state index < -0.39 is 0 Å². The lowest BCUT2D eigenvalue weighted by Crippen LogP contribution is -2.55. The molecule has 1 heterocycles. The number of aliphatic hydroxyl groups is 1. The van der Waals surface area contributed by atoms with Crippen molar-refractivity contribution in [2.24, 2.45) is 11.8 Å². The summed E-state index contributed by atoms with van der Waals surface area (Å²) >= 11 is 0. The molecule has 0 aromatic carbocycles. The number of nitrogens with zero attached hydrogens (tertiary/aromatic N) is 1. The molecule has 1 aliphatic rings. The van der Waals surface area contributed by atoms with Gasteiger partial charge in [0, 0.05) is 19.0 Å². The van der Waals surface area contributed by atoms with Crippen molar-refractivity contribution in [1.29, 1.82) is 0 Å². The normalized spacial score (nSPS) is 18.7. The third-order valence-electron chi connectivity index (χ3n) is 3.41. The van der Waals surface area contributed by atoms with Gasteiger partial charge in [-0.05, 0) is 12.3 Å². The molecule has 0 spiro atoms. The zero-order valence-corrected chi connectivity index (χ0v) is 10.8. The van der Waals surface area contributed by atoms with Crippen molar-refractivity contribution in [2.45, 2.75) is 52.6 Å². The first-order valence-corrected chi connectivity index (χ1v) is 6.53. The first kappa shape index (κ1) is 13.5. The van der Waals surface area contributed by atoms with E-state index in [1.54, 1.807) is 4.90 Å². The Morgan fingerprint density at radius 1 is 1.38 bits per heavy atom. The average molecular weight is 227 g/mol. The molecule has 0 radical (unpaired) electrons. The van der Waals surface area contributed by atoms with E-state index in [0.29, 0.717) is 19.0 Å². The molecule has 3 heteroatoms. The molecule has 0 aromatic heterocycles. The third kappa shape index (κ3) is 3.48. The molecule has 1 aliphatic heterocycles. The summed E-state index contributed by atoms with van der Waals surface area (Å²) in [6.07, 6.45) is 4.26. The number of carbonyl (C=O) groups excluding carboxylic acids is 1. The number of hydrogen-bond acceptors (Lipinski definition) is 2. The first-order valence-electron chi connectivity index (χ1n) is 6.53. The summed E-state index contributed by atoms with van der Waals surface area (Å²) in [5.41, 5.74) is 0. The van der Waals surface area contributed by atoms with Gasteiger partial charge in [-0.25, -0.2) is 0 Å². The van der Waals surface area contributed by atoms with E-state index in [-0.39, 0.29) is 17.9 Å². The molecule has 0 aliphatic carbocycles. The predicted octanol–water partition coefficient (Wildman–Crippen LogP) is 2.04. The number of likely N-dealkylation sites (tertiary alicyclic amines) is 1. The van der Waals surface area contributed by atoms with Crippen molar-refractivity contribution in [3.63, 3.8) is 0 Å². The van der Waals surface area contributed by atoms with Crippen LogP contribution in [-0.2, 0) is 4.79 Å². The molecule has 3 nitrogen and oxygen atoms in total. The van der Waals surface area contributed by atoms with Crippen LogP contribution < -0.4 is 0 Å². The molecule has 0 bridgehead atoms. The van der Waals surface area contributed by atoms with Crippen LogP contribution in [0.5, 0.6) is 0 Å². The molecule has 1 amide bonds. The maximum Gasteiger partial charge on any atom is 0.226 e. The fourth-order valence-electron chi connectivity index (χ4n) is 2.23. The second-order valence-corrected chi connectivity index (χ2v) is 5.24. The minimum atomic E-state index is -0.285. The third-order valence-corrected chi connectivity index (χ3v) is 3.41. The van der Waals surface area contributed by atoms with Crippen LogP contribution in [0.25, 0.3) is 0 Å². The molecule has 1 rings (SSSR count). The molecule has 0 aromatic rings. The number of unbranched alkanes of at least 4 members (excludes halogenated alkanes) is 2. The summed E-state index contributed by atoms with van der Waals surface area (Å²) in [7, 11) is 0.